The van der Waals surface area contributed by atoms with E-state index in [0.717, 1.165) is 0 Å². The molecule has 2 aromatic carbocycles. The first-order chi connectivity index (χ1) is 12.3. The van der Waals surface area contributed by atoms with E-state index in [-0.39, 0.29) is 11.1 Å². The van der Waals surface area contributed by atoms with Crippen LogP contribution in [-0.2, 0) is 5.41 Å². The van der Waals surface area contributed by atoms with Crippen LogP contribution in [0.2, 0.25) is 0 Å². The third-order valence-corrected chi connectivity index (χ3v) is 4.17. The number of hydrogen-bond donors (Lipinski definition) is 0. The second-order valence-electron chi connectivity index (χ2n) is 5.87. The molecule has 0 bridgehead atoms. The van der Waals surface area contributed by atoms with Gasteiger partial charge in [-0.1, -0.05) is 49.6 Å². The van der Waals surface area contributed by atoms with Gasteiger partial charge in [-0.05, 0) is 42.3 Å². The van der Waals surface area contributed by atoms with Gasteiger partial charge in [-0.2, -0.15) is 13.2 Å². The molecule has 0 unspecified atom stereocenters. The molecule has 138 valence electrons. The van der Waals surface area contributed by atoms with E-state index in [2.05, 4.69) is 13.2 Å². The third-order valence-electron chi connectivity index (χ3n) is 4.17. The number of benzene rings is 2. The lowest BCUT2D eigenvalue weighted by Gasteiger charge is -2.33. The second-order valence-corrected chi connectivity index (χ2v) is 5.87. The Kier molecular flexibility index (Phi) is 6.14. The molecule has 0 amide bonds. The Morgan fingerprint density at radius 3 is 1.38 bits per heavy atom. The topological polar surface area (TPSA) is 18.5 Å². The average molecular weight is 362 g/mol. The summed E-state index contributed by atoms with van der Waals surface area (Å²) in [4.78, 5) is 0. The third kappa shape index (κ3) is 4.10. The predicted octanol–water partition coefficient (Wildman–Crippen LogP) is 5.68. The molecule has 2 rings (SSSR count). The van der Waals surface area contributed by atoms with E-state index in [1.54, 1.807) is 12.2 Å². The highest BCUT2D eigenvalue weighted by molar-refractivity contribution is 5.44. The van der Waals surface area contributed by atoms with E-state index in [4.69, 9.17) is 9.47 Å². The van der Waals surface area contributed by atoms with Crippen molar-refractivity contribution in [2.24, 2.45) is 0 Å². The molecule has 0 aromatic heterocycles. The van der Waals surface area contributed by atoms with Crippen molar-refractivity contribution in [2.45, 2.75) is 18.5 Å². The summed E-state index contributed by atoms with van der Waals surface area (Å²) in [5.41, 5.74) is -1.88. The van der Waals surface area contributed by atoms with Gasteiger partial charge in [0.1, 0.15) is 30.1 Å². The van der Waals surface area contributed by atoms with Crippen LogP contribution in [0.4, 0.5) is 13.2 Å². The number of alkyl halides is 3. The van der Waals surface area contributed by atoms with Gasteiger partial charge in [-0.3, -0.25) is 0 Å². The minimum Gasteiger partial charge on any atom is -0.490 e. The molecule has 0 N–H and O–H groups in total. The van der Waals surface area contributed by atoms with Gasteiger partial charge in [-0.25, -0.2) is 0 Å². The molecule has 0 fully saturated rings. The van der Waals surface area contributed by atoms with Crippen LogP contribution >= 0.6 is 0 Å². The Bertz CT molecular complexity index is 676. The van der Waals surface area contributed by atoms with Gasteiger partial charge in [0.15, 0.2) is 0 Å². The van der Waals surface area contributed by atoms with Crippen LogP contribution in [0.5, 0.6) is 11.5 Å². The fraction of sp³-hybridized carbons (Fsp3) is 0.238. The summed E-state index contributed by atoms with van der Waals surface area (Å²) in [5, 5.41) is 0. The number of hydrogen-bond acceptors (Lipinski definition) is 2. The number of halogens is 3. The van der Waals surface area contributed by atoms with Crippen molar-refractivity contribution in [1.29, 1.82) is 0 Å². The molecule has 26 heavy (non-hydrogen) atoms. The summed E-state index contributed by atoms with van der Waals surface area (Å²) >= 11 is 0. The summed E-state index contributed by atoms with van der Waals surface area (Å²) in [7, 11) is 0. The molecular weight excluding hydrogens is 341 g/mol. The van der Waals surface area contributed by atoms with Gasteiger partial charge >= 0.3 is 6.18 Å². The highest BCUT2D eigenvalue weighted by Crippen LogP contribution is 2.46. The average Bonchev–Trinajstić information content (AvgIpc) is 2.64. The second kappa shape index (κ2) is 8.13. The first-order valence-corrected chi connectivity index (χ1v) is 8.08. The van der Waals surface area contributed by atoms with E-state index in [9.17, 15) is 13.2 Å². The maximum Gasteiger partial charge on any atom is 0.402 e. The summed E-state index contributed by atoms with van der Waals surface area (Å²) in [6, 6.07) is 11.9. The molecule has 0 aliphatic carbocycles. The van der Waals surface area contributed by atoms with Crippen LogP contribution in [0.25, 0.3) is 0 Å². The summed E-state index contributed by atoms with van der Waals surface area (Å²) < 4.78 is 52.7. The molecule has 2 aromatic rings. The fourth-order valence-electron chi connectivity index (χ4n) is 2.57. The molecule has 0 heterocycles. The number of ether oxygens (including phenoxy) is 2. The van der Waals surface area contributed by atoms with Gasteiger partial charge in [0, 0.05) is 0 Å². The van der Waals surface area contributed by atoms with Crippen LogP contribution < -0.4 is 9.47 Å². The van der Waals surface area contributed by atoms with Gasteiger partial charge in [0.25, 0.3) is 0 Å². The van der Waals surface area contributed by atoms with Crippen LogP contribution in [0.3, 0.4) is 0 Å². The normalized spacial score (nSPS) is 11.7. The monoisotopic (exact) mass is 362 g/mol. The Morgan fingerprint density at radius 2 is 1.12 bits per heavy atom. The lowest BCUT2D eigenvalue weighted by atomic mass is 9.75. The zero-order valence-corrected chi connectivity index (χ0v) is 14.6. The molecule has 0 spiro atoms. The standard InChI is InChI=1S/C21H21F3O2/c1-4-14-25-18-10-6-16(7-11-18)20(3,21(22,23)24)17-8-12-19(13-9-17)26-15-5-2/h4-13H,1-2,14-15H2,3H3. The van der Waals surface area contributed by atoms with Crippen molar-refractivity contribution in [3.8, 4) is 11.5 Å². The zero-order valence-electron chi connectivity index (χ0n) is 14.6. The lowest BCUT2D eigenvalue weighted by molar-refractivity contribution is -0.173. The Hall–Kier alpha value is -2.69. The first kappa shape index (κ1) is 19.6. The van der Waals surface area contributed by atoms with Crippen molar-refractivity contribution >= 4 is 0 Å². The van der Waals surface area contributed by atoms with Crippen LogP contribution in [0.1, 0.15) is 18.1 Å². The molecular formula is C21H21F3O2. The molecule has 5 heteroatoms. The Labute approximate surface area is 151 Å². The Balaban J connectivity index is 2.39. The van der Waals surface area contributed by atoms with Gasteiger partial charge in [-0.15, -0.1) is 0 Å². The van der Waals surface area contributed by atoms with E-state index >= 15 is 0 Å². The van der Waals surface area contributed by atoms with Gasteiger partial charge in [0.2, 0.25) is 0 Å². The minimum absolute atomic E-state index is 0.135. The van der Waals surface area contributed by atoms with Gasteiger partial charge < -0.3 is 9.47 Å². The molecule has 0 aliphatic heterocycles. The summed E-state index contributed by atoms with van der Waals surface area (Å²) in [6.45, 7) is 8.84. The predicted molar refractivity (Wildman–Crippen MR) is 96.8 cm³/mol. The highest BCUT2D eigenvalue weighted by Gasteiger charge is 2.53. The smallest absolute Gasteiger partial charge is 0.402 e. The fourth-order valence-corrected chi connectivity index (χ4v) is 2.57. The molecule has 0 atom stereocenters. The van der Waals surface area contributed by atoms with Crippen molar-refractivity contribution in [1.82, 2.24) is 0 Å². The lowest BCUT2D eigenvalue weighted by Crippen LogP contribution is -2.40. The van der Waals surface area contributed by atoms with Crippen LogP contribution in [0.15, 0.2) is 73.8 Å². The van der Waals surface area contributed by atoms with E-state index < -0.39 is 11.6 Å². The minimum atomic E-state index is -4.47. The largest absolute Gasteiger partial charge is 0.490 e. The maximum atomic E-state index is 14.0. The molecule has 2 nitrogen and oxygen atoms in total. The molecule has 0 aliphatic rings. The molecule has 0 radical (unpaired) electrons. The van der Waals surface area contributed by atoms with Crippen molar-refractivity contribution in [3.05, 3.63) is 85.0 Å². The molecule has 0 saturated carbocycles. The van der Waals surface area contributed by atoms with E-state index in [1.807, 2.05) is 0 Å². The SMILES string of the molecule is C=CCOc1ccc(C(C)(c2ccc(OCC=C)cc2)C(F)(F)F)cc1. The van der Waals surface area contributed by atoms with Crippen molar-refractivity contribution in [3.63, 3.8) is 0 Å². The molecule has 0 saturated heterocycles. The summed E-state index contributed by atoms with van der Waals surface area (Å²) in [6.07, 6.45) is -1.33. The number of rotatable bonds is 8. The van der Waals surface area contributed by atoms with Crippen LogP contribution in [0, 0.1) is 0 Å². The van der Waals surface area contributed by atoms with E-state index in [1.165, 1.54) is 55.5 Å². The van der Waals surface area contributed by atoms with Gasteiger partial charge in [0.05, 0.1) is 0 Å². The highest BCUT2D eigenvalue weighted by atomic mass is 19.4. The Morgan fingerprint density at radius 1 is 0.769 bits per heavy atom. The van der Waals surface area contributed by atoms with Crippen LogP contribution in [-0.4, -0.2) is 19.4 Å². The first-order valence-electron chi connectivity index (χ1n) is 8.08. The van der Waals surface area contributed by atoms with Crippen molar-refractivity contribution in [2.75, 3.05) is 13.2 Å². The van der Waals surface area contributed by atoms with Crippen molar-refractivity contribution < 1.29 is 22.6 Å². The maximum absolute atomic E-state index is 14.0. The summed E-state index contributed by atoms with van der Waals surface area (Å²) in [5.74, 6) is 0.984. The zero-order chi connectivity index (χ0) is 19.2. The van der Waals surface area contributed by atoms with E-state index in [0.29, 0.717) is 24.7 Å². The quantitative estimate of drug-likeness (QED) is 0.562.